The number of ether oxygens (including phenoxy) is 1. The number of aliphatic imine (C=N–C) groups is 1. The van der Waals surface area contributed by atoms with E-state index in [0.29, 0.717) is 22.6 Å². The predicted octanol–water partition coefficient (Wildman–Crippen LogP) is 4.09. The summed E-state index contributed by atoms with van der Waals surface area (Å²) < 4.78 is 17.7. The van der Waals surface area contributed by atoms with Crippen LogP contribution in [0.4, 0.5) is 4.39 Å². The number of hydrogen-bond acceptors (Lipinski definition) is 5. The fourth-order valence-corrected chi connectivity index (χ4v) is 4.29. The van der Waals surface area contributed by atoms with E-state index in [4.69, 9.17) is 4.74 Å². The van der Waals surface area contributed by atoms with Crippen molar-refractivity contribution in [1.29, 1.82) is 0 Å². The SMILES string of the molecule is COC(=O)c1cc(C2(C)SC(C[C@@H](C)c3ccccc3F)=NC2=O)ccn1. The predicted molar refractivity (Wildman–Crippen MR) is 102 cm³/mol. The Morgan fingerprint density at radius 2 is 2.07 bits per heavy atom. The quantitative estimate of drug-likeness (QED) is 0.724. The highest BCUT2D eigenvalue weighted by atomic mass is 32.2. The van der Waals surface area contributed by atoms with Gasteiger partial charge in [-0.15, -0.1) is 0 Å². The second-order valence-corrected chi connectivity index (χ2v) is 7.99. The maximum Gasteiger partial charge on any atom is 0.356 e. The summed E-state index contributed by atoms with van der Waals surface area (Å²) in [5.74, 6) is -1.24. The van der Waals surface area contributed by atoms with Crippen LogP contribution in [0.1, 0.15) is 47.8 Å². The van der Waals surface area contributed by atoms with E-state index >= 15 is 0 Å². The van der Waals surface area contributed by atoms with Gasteiger partial charge in [0.2, 0.25) is 0 Å². The van der Waals surface area contributed by atoms with Crippen LogP contribution in [0.5, 0.6) is 0 Å². The number of halogens is 1. The van der Waals surface area contributed by atoms with E-state index in [9.17, 15) is 14.0 Å². The molecule has 2 atom stereocenters. The Hall–Kier alpha value is -2.54. The van der Waals surface area contributed by atoms with Crippen molar-refractivity contribution in [2.75, 3.05) is 7.11 Å². The van der Waals surface area contributed by atoms with Gasteiger partial charge in [-0.05, 0) is 42.2 Å². The van der Waals surface area contributed by atoms with Crippen molar-refractivity contribution in [2.45, 2.75) is 30.9 Å². The third-order valence-corrected chi connectivity index (χ3v) is 5.89. The second kappa shape index (κ2) is 7.60. The monoisotopic (exact) mass is 386 g/mol. The molecule has 1 unspecified atom stereocenters. The van der Waals surface area contributed by atoms with Crippen LogP contribution in [0.2, 0.25) is 0 Å². The topological polar surface area (TPSA) is 68.6 Å². The Morgan fingerprint density at radius 1 is 1.33 bits per heavy atom. The molecule has 3 rings (SSSR count). The number of hydrogen-bond donors (Lipinski definition) is 0. The summed E-state index contributed by atoms with van der Waals surface area (Å²) >= 11 is 1.33. The highest BCUT2D eigenvalue weighted by Gasteiger charge is 2.43. The van der Waals surface area contributed by atoms with Crippen LogP contribution in [0.15, 0.2) is 47.6 Å². The molecule has 2 heterocycles. The van der Waals surface area contributed by atoms with Crippen LogP contribution in [0.3, 0.4) is 0 Å². The minimum atomic E-state index is -0.948. The molecule has 1 aromatic heterocycles. The number of rotatable bonds is 5. The van der Waals surface area contributed by atoms with Gasteiger partial charge < -0.3 is 4.74 Å². The number of carbonyl (C=O) groups excluding carboxylic acids is 2. The van der Waals surface area contributed by atoms with E-state index in [2.05, 4.69) is 9.98 Å². The normalized spacial score (nSPS) is 20.3. The molecular weight excluding hydrogens is 367 g/mol. The summed E-state index contributed by atoms with van der Waals surface area (Å²) in [5, 5.41) is 0.648. The number of methoxy groups -OCH3 is 1. The largest absolute Gasteiger partial charge is 0.464 e. The van der Waals surface area contributed by atoms with Gasteiger partial charge in [0.1, 0.15) is 16.3 Å². The zero-order valence-electron chi connectivity index (χ0n) is 15.2. The number of nitrogens with zero attached hydrogens (tertiary/aromatic N) is 2. The Morgan fingerprint density at radius 3 is 2.78 bits per heavy atom. The van der Waals surface area contributed by atoms with Gasteiger partial charge in [-0.2, -0.15) is 0 Å². The van der Waals surface area contributed by atoms with Crippen LogP contribution in [0.25, 0.3) is 0 Å². The van der Waals surface area contributed by atoms with Crippen molar-refractivity contribution in [2.24, 2.45) is 4.99 Å². The molecule has 0 saturated heterocycles. The minimum absolute atomic E-state index is 0.115. The molecular formula is C20H19FN2O3S. The molecule has 1 amide bonds. The minimum Gasteiger partial charge on any atom is -0.464 e. The van der Waals surface area contributed by atoms with E-state index in [1.54, 1.807) is 37.3 Å². The number of pyridine rings is 1. The van der Waals surface area contributed by atoms with E-state index in [1.165, 1.54) is 31.1 Å². The lowest BCUT2D eigenvalue weighted by atomic mass is 9.97. The summed E-state index contributed by atoms with van der Waals surface area (Å²) in [6, 6.07) is 9.85. The molecule has 0 aliphatic carbocycles. The molecule has 1 aliphatic rings. The van der Waals surface area contributed by atoms with Crippen molar-refractivity contribution < 1.29 is 18.7 Å². The van der Waals surface area contributed by atoms with Gasteiger partial charge in [0.05, 0.1) is 12.2 Å². The van der Waals surface area contributed by atoms with Crippen molar-refractivity contribution in [3.05, 3.63) is 65.2 Å². The molecule has 0 bridgehead atoms. The molecule has 1 aliphatic heterocycles. The second-order valence-electron chi connectivity index (χ2n) is 6.49. The first kappa shape index (κ1) is 19.2. The van der Waals surface area contributed by atoms with E-state index in [0.717, 1.165) is 0 Å². The van der Waals surface area contributed by atoms with Gasteiger partial charge in [-0.1, -0.05) is 36.9 Å². The Bertz CT molecular complexity index is 931. The van der Waals surface area contributed by atoms with Crippen molar-refractivity contribution in [1.82, 2.24) is 4.98 Å². The number of aromatic nitrogens is 1. The van der Waals surface area contributed by atoms with Gasteiger partial charge in [-0.3, -0.25) is 4.79 Å². The standard InChI is InChI=1S/C20H19FN2O3S/c1-12(14-6-4-5-7-15(14)21)10-17-23-19(25)20(2,27-17)13-8-9-22-16(11-13)18(24)26-3/h4-9,11-12H,10H2,1-3H3/t12-,20?/m1/s1. The lowest BCUT2D eigenvalue weighted by Gasteiger charge is -2.21. The first-order valence-electron chi connectivity index (χ1n) is 8.45. The molecule has 1 aromatic carbocycles. The Balaban J connectivity index is 1.80. The zero-order valence-corrected chi connectivity index (χ0v) is 16.0. The fourth-order valence-electron chi connectivity index (χ4n) is 2.98. The molecule has 2 aromatic rings. The first-order valence-corrected chi connectivity index (χ1v) is 9.27. The number of thioether (sulfide) groups is 1. The molecule has 0 saturated carbocycles. The third kappa shape index (κ3) is 3.78. The maximum absolute atomic E-state index is 14.0. The van der Waals surface area contributed by atoms with Crippen molar-refractivity contribution >= 4 is 28.7 Å². The first-order chi connectivity index (χ1) is 12.8. The number of carbonyl (C=O) groups is 2. The van der Waals surface area contributed by atoms with E-state index in [-0.39, 0.29) is 23.3 Å². The zero-order chi connectivity index (χ0) is 19.6. The molecule has 7 heteroatoms. The van der Waals surface area contributed by atoms with Crippen LogP contribution < -0.4 is 0 Å². The summed E-state index contributed by atoms with van der Waals surface area (Å²) in [6.45, 7) is 3.67. The lowest BCUT2D eigenvalue weighted by Crippen LogP contribution is -2.24. The highest BCUT2D eigenvalue weighted by Crippen LogP contribution is 2.45. The lowest BCUT2D eigenvalue weighted by molar-refractivity contribution is -0.119. The average Bonchev–Trinajstić information content (AvgIpc) is 2.96. The molecule has 0 spiro atoms. The summed E-state index contributed by atoms with van der Waals surface area (Å²) in [5.41, 5.74) is 1.36. The van der Waals surface area contributed by atoms with Gasteiger partial charge in [0, 0.05) is 12.6 Å². The third-order valence-electron chi connectivity index (χ3n) is 4.58. The maximum atomic E-state index is 14.0. The van der Waals surface area contributed by atoms with Gasteiger partial charge >= 0.3 is 5.97 Å². The van der Waals surface area contributed by atoms with Crippen LogP contribution in [0, 0.1) is 5.82 Å². The Kier molecular flexibility index (Phi) is 5.41. The van der Waals surface area contributed by atoms with Gasteiger partial charge in [0.25, 0.3) is 5.91 Å². The number of amides is 1. The van der Waals surface area contributed by atoms with E-state index in [1.807, 2.05) is 6.92 Å². The van der Waals surface area contributed by atoms with Gasteiger partial charge in [-0.25, -0.2) is 19.2 Å². The average molecular weight is 386 g/mol. The molecule has 140 valence electrons. The van der Waals surface area contributed by atoms with Gasteiger partial charge in [0.15, 0.2) is 0 Å². The summed E-state index contributed by atoms with van der Waals surface area (Å²) in [4.78, 5) is 32.5. The molecule has 5 nitrogen and oxygen atoms in total. The van der Waals surface area contributed by atoms with E-state index < -0.39 is 10.7 Å². The molecule has 0 N–H and O–H groups in total. The molecule has 0 fully saturated rings. The number of benzene rings is 1. The summed E-state index contributed by atoms with van der Waals surface area (Å²) in [6.07, 6.45) is 1.93. The summed E-state index contributed by atoms with van der Waals surface area (Å²) in [7, 11) is 1.28. The smallest absolute Gasteiger partial charge is 0.356 e. The van der Waals surface area contributed by atoms with Crippen LogP contribution in [-0.4, -0.2) is 29.0 Å². The van der Waals surface area contributed by atoms with Crippen molar-refractivity contribution in [3.8, 4) is 0 Å². The van der Waals surface area contributed by atoms with Crippen LogP contribution in [-0.2, 0) is 14.3 Å². The molecule has 0 radical (unpaired) electrons. The molecule has 27 heavy (non-hydrogen) atoms. The van der Waals surface area contributed by atoms with Crippen LogP contribution >= 0.6 is 11.8 Å². The highest BCUT2D eigenvalue weighted by molar-refractivity contribution is 8.15. The number of esters is 1. The fraction of sp³-hybridized carbons (Fsp3) is 0.300. The Labute approximate surface area is 161 Å². The van der Waals surface area contributed by atoms with Crippen molar-refractivity contribution in [3.63, 3.8) is 0 Å².